The number of rotatable bonds is 3. The zero-order valence-corrected chi connectivity index (χ0v) is 19.4. The van der Waals surface area contributed by atoms with Gasteiger partial charge in [0.2, 0.25) is 0 Å². The summed E-state index contributed by atoms with van der Waals surface area (Å²) < 4.78 is 103. The van der Waals surface area contributed by atoms with Gasteiger partial charge in [-0.1, -0.05) is 0 Å². The standard InChI is InChI=1S/C22H23F6N3O3S/c1-35(33,34)16-2-3-18-17(11-16)19(30-29-18)20(32)31-6-4-12(5-7-31)13-8-14(21(23,24)25)10-15(9-13)22(26,27)28/h8-10,12,16H,2-7,11H2,1H3,(H,29,30). The van der Waals surface area contributed by atoms with Gasteiger partial charge in [-0.15, -0.1) is 0 Å². The first kappa shape index (κ1) is 25.5. The van der Waals surface area contributed by atoms with Gasteiger partial charge in [-0.05, 0) is 61.8 Å². The lowest BCUT2D eigenvalue weighted by molar-refractivity contribution is -0.143. The summed E-state index contributed by atoms with van der Waals surface area (Å²) in [6, 6.07) is 1.59. The molecule has 192 valence electrons. The normalized spacial score (nSPS) is 20.1. The number of carbonyl (C=O) groups excluding carboxylic acids is 1. The molecule has 13 heteroatoms. The van der Waals surface area contributed by atoms with Gasteiger partial charge < -0.3 is 4.90 Å². The zero-order valence-electron chi connectivity index (χ0n) is 18.6. The molecular formula is C22H23F6N3O3S. The van der Waals surface area contributed by atoms with Crippen LogP contribution in [-0.2, 0) is 35.0 Å². The van der Waals surface area contributed by atoms with Gasteiger partial charge in [0.1, 0.15) is 0 Å². The van der Waals surface area contributed by atoms with Crippen LogP contribution in [0.5, 0.6) is 0 Å². The molecule has 1 aliphatic heterocycles. The molecule has 0 bridgehead atoms. The first-order valence-electron chi connectivity index (χ1n) is 11.0. The number of aromatic amines is 1. The van der Waals surface area contributed by atoms with Crippen molar-refractivity contribution in [2.24, 2.45) is 0 Å². The number of H-pyrrole nitrogens is 1. The highest BCUT2D eigenvalue weighted by molar-refractivity contribution is 7.91. The van der Waals surface area contributed by atoms with E-state index < -0.39 is 50.4 Å². The first-order valence-corrected chi connectivity index (χ1v) is 12.9. The number of nitrogens with zero attached hydrogens (tertiary/aromatic N) is 2. The summed E-state index contributed by atoms with van der Waals surface area (Å²) in [5, 5.41) is 6.25. The summed E-state index contributed by atoms with van der Waals surface area (Å²) in [6.07, 6.45) is -7.31. The van der Waals surface area contributed by atoms with Crippen molar-refractivity contribution in [2.75, 3.05) is 19.3 Å². The first-order chi connectivity index (χ1) is 16.1. The van der Waals surface area contributed by atoms with Crippen molar-refractivity contribution in [1.29, 1.82) is 0 Å². The van der Waals surface area contributed by atoms with Crippen LogP contribution in [-0.4, -0.2) is 54.0 Å². The van der Waals surface area contributed by atoms with E-state index in [9.17, 15) is 39.6 Å². The maximum Gasteiger partial charge on any atom is 0.416 e. The lowest BCUT2D eigenvalue weighted by Crippen LogP contribution is -2.39. The van der Waals surface area contributed by atoms with Crippen molar-refractivity contribution in [3.63, 3.8) is 0 Å². The van der Waals surface area contributed by atoms with Crippen molar-refractivity contribution in [2.45, 2.75) is 55.6 Å². The number of nitrogens with one attached hydrogen (secondary N) is 1. The maximum atomic E-state index is 13.2. The van der Waals surface area contributed by atoms with Crippen molar-refractivity contribution in [3.8, 4) is 0 Å². The Balaban J connectivity index is 1.51. The zero-order chi connectivity index (χ0) is 25.8. The fourth-order valence-corrected chi connectivity index (χ4v) is 5.80. The molecule has 1 unspecified atom stereocenters. The highest BCUT2D eigenvalue weighted by atomic mass is 32.2. The number of hydrogen-bond donors (Lipinski definition) is 1. The molecule has 35 heavy (non-hydrogen) atoms. The van der Waals surface area contributed by atoms with E-state index >= 15 is 0 Å². The molecule has 1 aliphatic carbocycles. The largest absolute Gasteiger partial charge is 0.416 e. The van der Waals surface area contributed by atoms with Gasteiger partial charge in [0.05, 0.1) is 16.4 Å². The number of amides is 1. The highest BCUT2D eigenvalue weighted by Gasteiger charge is 2.38. The van der Waals surface area contributed by atoms with Crippen molar-refractivity contribution in [1.82, 2.24) is 15.1 Å². The van der Waals surface area contributed by atoms with Crippen LogP contribution in [0.25, 0.3) is 0 Å². The predicted octanol–water partition coefficient (Wildman–Crippen LogP) is 4.37. The van der Waals surface area contributed by atoms with Gasteiger partial charge in [0.25, 0.3) is 5.91 Å². The van der Waals surface area contributed by atoms with Gasteiger partial charge in [0, 0.05) is 30.6 Å². The molecule has 2 heterocycles. The number of hydrogen-bond acceptors (Lipinski definition) is 4. The Bertz CT molecular complexity index is 1200. The van der Waals surface area contributed by atoms with E-state index in [-0.39, 0.29) is 49.7 Å². The third-order valence-corrected chi connectivity index (χ3v) is 8.39. The van der Waals surface area contributed by atoms with Crippen molar-refractivity contribution >= 4 is 15.7 Å². The Morgan fingerprint density at radius 2 is 1.57 bits per heavy atom. The molecule has 2 aliphatic rings. The van der Waals surface area contributed by atoms with Crippen LogP contribution < -0.4 is 0 Å². The van der Waals surface area contributed by atoms with Gasteiger partial charge in [0.15, 0.2) is 15.5 Å². The summed E-state index contributed by atoms with van der Waals surface area (Å²) in [5.41, 5.74) is -1.41. The van der Waals surface area contributed by atoms with Crippen LogP contribution in [0.4, 0.5) is 26.3 Å². The molecule has 1 amide bonds. The number of aryl methyl sites for hydroxylation is 1. The molecule has 1 atom stereocenters. The monoisotopic (exact) mass is 523 g/mol. The van der Waals surface area contributed by atoms with E-state index in [2.05, 4.69) is 10.2 Å². The van der Waals surface area contributed by atoms with E-state index in [1.807, 2.05) is 0 Å². The molecule has 0 saturated carbocycles. The Labute approximate surface area is 197 Å². The van der Waals surface area contributed by atoms with Crippen LogP contribution in [0, 0.1) is 0 Å². The van der Waals surface area contributed by atoms with Crippen molar-refractivity contribution < 1.29 is 39.6 Å². The molecule has 1 aromatic heterocycles. The molecule has 0 radical (unpaired) electrons. The third kappa shape index (κ3) is 5.34. The summed E-state index contributed by atoms with van der Waals surface area (Å²) >= 11 is 0. The molecule has 2 aromatic rings. The van der Waals surface area contributed by atoms with Crippen LogP contribution in [0.2, 0.25) is 0 Å². The highest BCUT2D eigenvalue weighted by Crippen LogP contribution is 2.40. The average Bonchev–Trinajstić information content (AvgIpc) is 3.20. The van der Waals surface area contributed by atoms with Gasteiger partial charge in [-0.2, -0.15) is 31.4 Å². The minimum Gasteiger partial charge on any atom is -0.337 e. The van der Waals surface area contributed by atoms with Gasteiger partial charge in [-0.3, -0.25) is 9.89 Å². The van der Waals surface area contributed by atoms with E-state index in [4.69, 9.17) is 0 Å². The maximum absolute atomic E-state index is 13.2. The quantitative estimate of drug-likeness (QED) is 0.606. The van der Waals surface area contributed by atoms with Crippen molar-refractivity contribution in [3.05, 3.63) is 51.8 Å². The second-order valence-electron chi connectivity index (χ2n) is 9.13. The smallest absolute Gasteiger partial charge is 0.337 e. The SMILES string of the molecule is CS(=O)(=O)C1CCc2[nH]nc(C(=O)N3CCC(c4cc(C(F)(F)F)cc(C(F)(F)F)c4)CC3)c2C1. The number of alkyl halides is 6. The molecule has 1 fully saturated rings. The predicted molar refractivity (Wildman–Crippen MR) is 114 cm³/mol. The Morgan fingerprint density at radius 3 is 2.09 bits per heavy atom. The Morgan fingerprint density at radius 1 is 1.00 bits per heavy atom. The van der Waals surface area contributed by atoms with Gasteiger partial charge >= 0.3 is 12.4 Å². The summed E-state index contributed by atoms with van der Waals surface area (Å²) in [4.78, 5) is 14.6. The molecule has 6 nitrogen and oxygen atoms in total. The minimum absolute atomic E-state index is 0.0626. The fourth-order valence-electron chi connectivity index (χ4n) is 4.79. The van der Waals surface area contributed by atoms with Gasteiger partial charge in [-0.25, -0.2) is 8.42 Å². The minimum atomic E-state index is -4.92. The summed E-state index contributed by atoms with van der Waals surface area (Å²) in [7, 11) is -3.31. The lowest BCUT2D eigenvalue weighted by Gasteiger charge is -2.32. The Hall–Kier alpha value is -2.57. The average molecular weight is 523 g/mol. The molecule has 1 saturated heterocycles. The number of fused-ring (bicyclic) bond motifs is 1. The van der Waals surface area contributed by atoms with E-state index in [1.165, 1.54) is 4.90 Å². The number of halogens is 6. The molecule has 4 rings (SSSR count). The fraction of sp³-hybridized carbons (Fsp3) is 0.545. The van der Waals surface area contributed by atoms with Crippen LogP contribution in [0.3, 0.4) is 0 Å². The number of carbonyl (C=O) groups is 1. The second kappa shape index (κ2) is 8.82. The summed E-state index contributed by atoms with van der Waals surface area (Å²) in [6.45, 7) is 0.246. The number of sulfone groups is 1. The number of likely N-dealkylation sites (tertiary alicyclic amines) is 1. The molecular weight excluding hydrogens is 500 g/mol. The van der Waals surface area contributed by atoms with Crippen LogP contribution in [0.1, 0.15) is 63.6 Å². The number of piperidine rings is 1. The topological polar surface area (TPSA) is 83.1 Å². The van der Waals surface area contributed by atoms with E-state index in [1.54, 1.807) is 0 Å². The Kier molecular flexibility index (Phi) is 6.43. The number of aromatic nitrogens is 2. The lowest BCUT2D eigenvalue weighted by atomic mass is 9.87. The molecule has 1 aromatic carbocycles. The summed E-state index contributed by atoms with van der Waals surface area (Å²) in [5.74, 6) is -1.01. The van der Waals surface area contributed by atoms with E-state index in [0.717, 1.165) is 18.4 Å². The number of benzene rings is 1. The van der Waals surface area contributed by atoms with Crippen LogP contribution >= 0.6 is 0 Å². The van der Waals surface area contributed by atoms with Crippen LogP contribution in [0.15, 0.2) is 18.2 Å². The van der Waals surface area contributed by atoms with E-state index in [0.29, 0.717) is 24.1 Å². The molecule has 1 N–H and O–H groups in total. The third-order valence-electron chi connectivity index (χ3n) is 6.77. The second-order valence-corrected chi connectivity index (χ2v) is 11.5. The molecule has 0 spiro atoms.